The molecule has 0 aliphatic carbocycles. The Balaban J connectivity index is 2.00. The number of rotatable bonds is 3. The third-order valence-corrected chi connectivity index (χ3v) is 4.52. The fraction of sp³-hybridized carbons (Fsp3) is 0.154. The van der Waals surface area contributed by atoms with Crippen LogP contribution in [0, 0.1) is 0 Å². The number of urea groups is 1. The number of hydrogen-bond acceptors (Lipinski definition) is 2. The summed E-state index contributed by atoms with van der Waals surface area (Å²) in [4.78, 5) is 12.9. The third kappa shape index (κ3) is 4.03. The van der Waals surface area contributed by atoms with Crippen molar-refractivity contribution in [3.8, 4) is 0 Å². The van der Waals surface area contributed by atoms with Gasteiger partial charge in [-0.25, -0.2) is 4.79 Å². The monoisotopic (exact) mass is 348 g/mol. The summed E-state index contributed by atoms with van der Waals surface area (Å²) in [7, 11) is 0. The Bertz CT molecular complexity index is 630. The van der Waals surface area contributed by atoms with E-state index >= 15 is 0 Å². The molecular formula is C13H11Cl3N2OS. The lowest BCUT2D eigenvalue weighted by Crippen LogP contribution is -2.30. The second-order valence-corrected chi connectivity index (χ2v) is 6.68. The molecule has 2 aromatic rings. The second-order valence-electron chi connectivity index (χ2n) is 4.09. The molecule has 0 spiro atoms. The topological polar surface area (TPSA) is 41.1 Å². The lowest BCUT2D eigenvalue weighted by atomic mass is 10.3. The second kappa shape index (κ2) is 6.68. The van der Waals surface area contributed by atoms with Crippen molar-refractivity contribution < 1.29 is 4.79 Å². The van der Waals surface area contributed by atoms with Gasteiger partial charge in [-0.05, 0) is 37.3 Å². The number of halogens is 3. The van der Waals surface area contributed by atoms with E-state index < -0.39 is 0 Å². The number of benzene rings is 1. The number of nitrogens with one attached hydrogen (secondary N) is 2. The molecule has 0 aliphatic rings. The van der Waals surface area contributed by atoms with Crippen LogP contribution in [0.3, 0.4) is 0 Å². The standard InChI is InChI=1S/C13H11Cl3N2OS/c1-7(11-4-5-12(16)20-11)17-13(19)18-10-6-8(14)2-3-9(10)15/h2-7H,1H3,(H2,17,18,19)/t7-/m0/s1. The highest BCUT2D eigenvalue weighted by atomic mass is 35.5. The maximum Gasteiger partial charge on any atom is 0.319 e. The van der Waals surface area contributed by atoms with Crippen molar-refractivity contribution in [3.05, 3.63) is 49.6 Å². The highest BCUT2D eigenvalue weighted by Gasteiger charge is 2.12. The molecule has 1 heterocycles. The van der Waals surface area contributed by atoms with E-state index in [0.717, 1.165) is 4.88 Å². The zero-order valence-electron chi connectivity index (χ0n) is 10.4. The molecule has 3 nitrogen and oxygen atoms in total. The van der Waals surface area contributed by atoms with Gasteiger partial charge >= 0.3 is 6.03 Å². The Morgan fingerprint density at radius 1 is 1.20 bits per heavy atom. The largest absolute Gasteiger partial charge is 0.331 e. The molecule has 2 rings (SSSR count). The van der Waals surface area contributed by atoms with E-state index in [0.29, 0.717) is 20.1 Å². The van der Waals surface area contributed by atoms with Crippen LogP contribution in [-0.4, -0.2) is 6.03 Å². The van der Waals surface area contributed by atoms with E-state index in [-0.39, 0.29) is 12.1 Å². The zero-order chi connectivity index (χ0) is 14.7. The summed E-state index contributed by atoms with van der Waals surface area (Å²) in [5.74, 6) is 0. The third-order valence-electron chi connectivity index (χ3n) is 2.54. The minimum absolute atomic E-state index is 0.148. The van der Waals surface area contributed by atoms with Gasteiger partial charge in [0.05, 0.1) is 21.1 Å². The SMILES string of the molecule is C[C@H](NC(=O)Nc1cc(Cl)ccc1Cl)c1ccc(Cl)s1. The van der Waals surface area contributed by atoms with Gasteiger partial charge in [-0.2, -0.15) is 0 Å². The number of anilines is 1. The molecule has 2 N–H and O–H groups in total. The fourth-order valence-electron chi connectivity index (χ4n) is 1.58. The highest BCUT2D eigenvalue weighted by Crippen LogP contribution is 2.27. The predicted molar refractivity (Wildman–Crippen MR) is 86.4 cm³/mol. The summed E-state index contributed by atoms with van der Waals surface area (Å²) < 4.78 is 0.687. The highest BCUT2D eigenvalue weighted by molar-refractivity contribution is 7.16. The Morgan fingerprint density at radius 2 is 1.95 bits per heavy atom. The molecule has 1 atom stereocenters. The van der Waals surface area contributed by atoms with Crippen LogP contribution < -0.4 is 10.6 Å². The van der Waals surface area contributed by atoms with Gasteiger partial charge in [-0.15, -0.1) is 11.3 Å². The molecule has 0 aliphatic heterocycles. The van der Waals surface area contributed by atoms with Crippen molar-refractivity contribution in [1.82, 2.24) is 5.32 Å². The van der Waals surface area contributed by atoms with E-state index in [9.17, 15) is 4.79 Å². The van der Waals surface area contributed by atoms with Crippen molar-refractivity contribution in [3.63, 3.8) is 0 Å². The molecule has 2 amide bonds. The van der Waals surface area contributed by atoms with E-state index in [2.05, 4.69) is 10.6 Å². The minimum Gasteiger partial charge on any atom is -0.331 e. The molecule has 0 radical (unpaired) electrons. The van der Waals surface area contributed by atoms with E-state index in [1.165, 1.54) is 11.3 Å². The first-order chi connectivity index (χ1) is 9.45. The average molecular weight is 350 g/mol. The fourth-order valence-corrected chi connectivity index (χ4v) is 2.98. The first-order valence-electron chi connectivity index (χ1n) is 5.73. The first kappa shape index (κ1) is 15.4. The van der Waals surface area contributed by atoms with Gasteiger partial charge in [-0.3, -0.25) is 0 Å². The van der Waals surface area contributed by atoms with Crippen LogP contribution in [0.4, 0.5) is 10.5 Å². The maximum absolute atomic E-state index is 11.9. The van der Waals surface area contributed by atoms with Crippen LogP contribution in [0.25, 0.3) is 0 Å². The van der Waals surface area contributed by atoms with Crippen molar-refractivity contribution >= 4 is 57.9 Å². The molecule has 1 aromatic heterocycles. The van der Waals surface area contributed by atoms with Crippen LogP contribution in [0.15, 0.2) is 30.3 Å². The summed E-state index contributed by atoms with van der Waals surface area (Å²) in [5.41, 5.74) is 0.466. The summed E-state index contributed by atoms with van der Waals surface area (Å²) in [6.07, 6.45) is 0. The molecule has 0 unspecified atom stereocenters. The predicted octanol–water partition coefficient (Wildman–Crippen LogP) is 5.59. The van der Waals surface area contributed by atoms with Gasteiger partial charge in [0.2, 0.25) is 0 Å². The number of thiophene rings is 1. The van der Waals surface area contributed by atoms with Gasteiger partial charge in [0.15, 0.2) is 0 Å². The molecule has 106 valence electrons. The van der Waals surface area contributed by atoms with Crippen molar-refractivity contribution in [2.75, 3.05) is 5.32 Å². The van der Waals surface area contributed by atoms with Gasteiger partial charge < -0.3 is 10.6 Å². The van der Waals surface area contributed by atoms with Gasteiger partial charge in [0.25, 0.3) is 0 Å². The number of amides is 2. The van der Waals surface area contributed by atoms with E-state index in [4.69, 9.17) is 34.8 Å². The Hall–Kier alpha value is -0.940. The van der Waals surface area contributed by atoms with Gasteiger partial charge in [0, 0.05) is 9.90 Å². The molecule has 7 heteroatoms. The smallest absolute Gasteiger partial charge is 0.319 e. The average Bonchev–Trinajstić information content (AvgIpc) is 2.80. The van der Waals surface area contributed by atoms with E-state index in [1.54, 1.807) is 24.3 Å². The van der Waals surface area contributed by atoms with Crippen molar-refractivity contribution in [1.29, 1.82) is 0 Å². The first-order valence-corrected chi connectivity index (χ1v) is 7.68. The summed E-state index contributed by atoms with van der Waals surface area (Å²) >= 11 is 19.1. The maximum atomic E-state index is 11.9. The summed E-state index contributed by atoms with van der Waals surface area (Å²) in [5, 5.41) is 6.40. The van der Waals surface area contributed by atoms with Crippen LogP contribution in [-0.2, 0) is 0 Å². The number of carbonyl (C=O) groups is 1. The van der Waals surface area contributed by atoms with Crippen molar-refractivity contribution in [2.45, 2.75) is 13.0 Å². The lowest BCUT2D eigenvalue weighted by Gasteiger charge is -2.14. The number of carbonyl (C=O) groups excluding carboxylic acids is 1. The lowest BCUT2D eigenvalue weighted by molar-refractivity contribution is 0.249. The zero-order valence-corrected chi connectivity index (χ0v) is 13.5. The Kier molecular flexibility index (Phi) is 5.16. The quantitative estimate of drug-likeness (QED) is 0.745. The Morgan fingerprint density at radius 3 is 2.60 bits per heavy atom. The van der Waals surface area contributed by atoms with E-state index in [1.807, 2.05) is 13.0 Å². The normalized spacial score (nSPS) is 12.0. The van der Waals surface area contributed by atoms with Crippen molar-refractivity contribution in [2.24, 2.45) is 0 Å². The van der Waals surface area contributed by atoms with Gasteiger partial charge in [0.1, 0.15) is 0 Å². The summed E-state index contributed by atoms with van der Waals surface area (Å²) in [6.45, 7) is 1.88. The van der Waals surface area contributed by atoms with Crippen LogP contribution >= 0.6 is 46.1 Å². The van der Waals surface area contributed by atoms with Crippen LogP contribution in [0.2, 0.25) is 14.4 Å². The molecular weight excluding hydrogens is 339 g/mol. The molecule has 0 saturated heterocycles. The molecule has 0 bridgehead atoms. The van der Waals surface area contributed by atoms with Gasteiger partial charge in [-0.1, -0.05) is 34.8 Å². The Labute approximate surface area is 135 Å². The minimum atomic E-state index is -0.355. The molecule has 0 fully saturated rings. The summed E-state index contributed by atoms with van der Waals surface area (Å²) in [6, 6.07) is 8.05. The number of hydrogen-bond donors (Lipinski definition) is 2. The van der Waals surface area contributed by atoms with Crippen LogP contribution in [0.5, 0.6) is 0 Å². The molecule has 20 heavy (non-hydrogen) atoms. The molecule has 0 saturated carbocycles. The van der Waals surface area contributed by atoms with Crippen LogP contribution in [0.1, 0.15) is 17.8 Å². The molecule has 1 aromatic carbocycles.